The number of halogens is 1. The first-order chi connectivity index (χ1) is 8.72. The van der Waals surface area contributed by atoms with E-state index in [1.807, 2.05) is 12.1 Å². The third-order valence-electron chi connectivity index (χ3n) is 2.30. The Balaban J connectivity index is 2.12. The Morgan fingerprint density at radius 1 is 1.28 bits per heavy atom. The molecule has 0 fully saturated rings. The molecular formula is C13H18ClNO3. The Hall–Kier alpha value is -1.10. The molecule has 0 unspecified atom stereocenters. The van der Waals surface area contributed by atoms with E-state index in [9.17, 15) is 4.79 Å². The fraction of sp³-hybridized carbons (Fsp3) is 0.462. The molecule has 0 aliphatic heterocycles. The maximum Gasteiger partial charge on any atom is 0.224 e. The fourth-order valence-electron chi connectivity index (χ4n) is 1.42. The number of hydrogen-bond acceptors (Lipinski definition) is 3. The van der Waals surface area contributed by atoms with E-state index < -0.39 is 0 Å². The number of benzene rings is 1. The van der Waals surface area contributed by atoms with Gasteiger partial charge in [-0.3, -0.25) is 4.79 Å². The molecule has 0 aliphatic carbocycles. The van der Waals surface area contributed by atoms with Gasteiger partial charge < -0.3 is 15.2 Å². The molecule has 0 bridgehead atoms. The van der Waals surface area contributed by atoms with Crippen LogP contribution in [0.5, 0.6) is 0 Å². The maximum absolute atomic E-state index is 11.6. The molecule has 0 heterocycles. The van der Waals surface area contributed by atoms with Crippen molar-refractivity contribution in [2.45, 2.75) is 12.8 Å². The zero-order chi connectivity index (χ0) is 13.2. The van der Waals surface area contributed by atoms with E-state index in [4.69, 9.17) is 21.4 Å². The van der Waals surface area contributed by atoms with Crippen LogP contribution < -0.4 is 5.32 Å². The fourth-order valence-corrected chi connectivity index (χ4v) is 1.54. The normalized spacial score (nSPS) is 10.3. The molecule has 2 N–H and O–H groups in total. The standard InChI is InChI=1S/C13H18ClNO3/c14-12-4-2-11(3-5-12)10-13(17)15-6-1-8-18-9-7-16/h2-5,16H,1,6-10H2,(H,15,17). The number of hydrogen-bond donors (Lipinski definition) is 2. The molecule has 18 heavy (non-hydrogen) atoms. The molecule has 0 saturated heterocycles. The molecule has 1 aromatic rings. The van der Waals surface area contributed by atoms with Crippen LogP contribution in [0.2, 0.25) is 5.02 Å². The van der Waals surface area contributed by atoms with Gasteiger partial charge in [-0.25, -0.2) is 0 Å². The predicted octanol–water partition coefficient (Wildman–Crippen LogP) is 1.40. The molecule has 0 atom stereocenters. The van der Waals surface area contributed by atoms with Gasteiger partial charge in [0.25, 0.3) is 0 Å². The lowest BCUT2D eigenvalue weighted by Gasteiger charge is -2.06. The topological polar surface area (TPSA) is 58.6 Å². The SMILES string of the molecule is O=C(Cc1ccc(Cl)cc1)NCCCOCCO. The van der Waals surface area contributed by atoms with E-state index in [2.05, 4.69) is 5.32 Å². The summed E-state index contributed by atoms with van der Waals surface area (Å²) in [6.45, 7) is 1.50. The number of aliphatic hydroxyl groups excluding tert-OH is 1. The summed E-state index contributed by atoms with van der Waals surface area (Å²) in [5.41, 5.74) is 0.938. The molecule has 0 aromatic heterocycles. The van der Waals surface area contributed by atoms with Crippen molar-refractivity contribution in [2.75, 3.05) is 26.4 Å². The Bertz CT molecular complexity index is 354. The third-order valence-corrected chi connectivity index (χ3v) is 2.55. The number of amides is 1. The lowest BCUT2D eigenvalue weighted by Crippen LogP contribution is -2.26. The predicted molar refractivity (Wildman–Crippen MR) is 70.7 cm³/mol. The number of rotatable bonds is 8. The van der Waals surface area contributed by atoms with Gasteiger partial charge in [-0.15, -0.1) is 0 Å². The first-order valence-corrected chi connectivity index (χ1v) is 6.30. The quantitative estimate of drug-likeness (QED) is 0.703. The largest absolute Gasteiger partial charge is 0.394 e. The van der Waals surface area contributed by atoms with Crippen molar-refractivity contribution in [3.63, 3.8) is 0 Å². The van der Waals surface area contributed by atoms with E-state index in [0.29, 0.717) is 31.2 Å². The van der Waals surface area contributed by atoms with Gasteiger partial charge in [-0.05, 0) is 24.1 Å². The van der Waals surface area contributed by atoms with Crippen molar-refractivity contribution >= 4 is 17.5 Å². The number of carbonyl (C=O) groups is 1. The average molecular weight is 272 g/mol. The second-order valence-electron chi connectivity index (χ2n) is 3.84. The van der Waals surface area contributed by atoms with E-state index in [-0.39, 0.29) is 12.5 Å². The van der Waals surface area contributed by atoms with Crippen LogP contribution >= 0.6 is 11.6 Å². The minimum absolute atomic E-state index is 0.0144. The monoisotopic (exact) mass is 271 g/mol. The van der Waals surface area contributed by atoms with Crippen LogP contribution in [0.25, 0.3) is 0 Å². The van der Waals surface area contributed by atoms with Crippen molar-refractivity contribution in [1.82, 2.24) is 5.32 Å². The van der Waals surface area contributed by atoms with Crippen LogP contribution in [0.3, 0.4) is 0 Å². The second-order valence-corrected chi connectivity index (χ2v) is 4.28. The highest BCUT2D eigenvalue weighted by molar-refractivity contribution is 6.30. The smallest absolute Gasteiger partial charge is 0.224 e. The molecule has 0 saturated carbocycles. The van der Waals surface area contributed by atoms with E-state index in [0.717, 1.165) is 12.0 Å². The summed E-state index contributed by atoms with van der Waals surface area (Å²) in [6, 6.07) is 7.22. The lowest BCUT2D eigenvalue weighted by atomic mass is 10.1. The van der Waals surface area contributed by atoms with Crippen LogP contribution in [-0.2, 0) is 16.0 Å². The molecule has 5 heteroatoms. The number of nitrogens with one attached hydrogen (secondary N) is 1. The highest BCUT2D eigenvalue weighted by Gasteiger charge is 2.02. The van der Waals surface area contributed by atoms with Gasteiger partial charge in [0.1, 0.15) is 0 Å². The van der Waals surface area contributed by atoms with Gasteiger partial charge in [0, 0.05) is 18.2 Å². The van der Waals surface area contributed by atoms with Gasteiger partial charge in [0.05, 0.1) is 19.6 Å². The molecule has 1 amide bonds. The summed E-state index contributed by atoms with van der Waals surface area (Å²) in [7, 11) is 0. The van der Waals surface area contributed by atoms with Crippen LogP contribution in [-0.4, -0.2) is 37.4 Å². The van der Waals surface area contributed by atoms with Crippen molar-refractivity contribution in [3.05, 3.63) is 34.9 Å². The first kappa shape index (κ1) is 15.0. The Morgan fingerprint density at radius 2 is 2.00 bits per heavy atom. The van der Waals surface area contributed by atoms with Crippen LogP contribution in [0.1, 0.15) is 12.0 Å². The van der Waals surface area contributed by atoms with Crippen molar-refractivity contribution in [2.24, 2.45) is 0 Å². The van der Waals surface area contributed by atoms with E-state index >= 15 is 0 Å². The second kappa shape index (κ2) is 8.91. The molecule has 1 rings (SSSR count). The molecule has 100 valence electrons. The van der Waals surface area contributed by atoms with Gasteiger partial charge >= 0.3 is 0 Å². The van der Waals surface area contributed by atoms with Gasteiger partial charge in [-0.1, -0.05) is 23.7 Å². The first-order valence-electron chi connectivity index (χ1n) is 5.92. The Morgan fingerprint density at radius 3 is 2.67 bits per heavy atom. The zero-order valence-electron chi connectivity index (χ0n) is 10.2. The minimum Gasteiger partial charge on any atom is -0.394 e. The summed E-state index contributed by atoms with van der Waals surface area (Å²) in [6.07, 6.45) is 1.10. The molecule has 0 aliphatic rings. The summed E-state index contributed by atoms with van der Waals surface area (Å²) < 4.78 is 5.08. The van der Waals surface area contributed by atoms with Crippen LogP contribution in [0, 0.1) is 0 Å². The Kier molecular flexibility index (Phi) is 7.41. The summed E-state index contributed by atoms with van der Waals surface area (Å²) in [4.78, 5) is 11.6. The summed E-state index contributed by atoms with van der Waals surface area (Å²) in [5.74, 6) is -0.0144. The van der Waals surface area contributed by atoms with Crippen molar-refractivity contribution in [3.8, 4) is 0 Å². The molecule has 1 aromatic carbocycles. The summed E-state index contributed by atoms with van der Waals surface area (Å²) in [5, 5.41) is 12.0. The average Bonchev–Trinajstić information content (AvgIpc) is 2.36. The van der Waals surface area contributed by atoms with Crippen molar-refractivity contribution < 1.29 is 14.6 Å². The lowest BCUT2D eigenvalue weighted by molar-refractivity contribution is -0.120. The summed E-state index contributed by atoms with van der Waals surface area (Å²) >= 11 is 5.76. The third kappa shape index (κ3) is 6.59. The van der Waals surface area contributed by atoms with Crippen LogP contribution in [0.4, 0.5) is 0 Å². The number of ether oxygens (including phenoxy) is 1. The van der Waals surface area contributed by atoms with Gasteiger partial charge in [0.2, 0.25) is 5.91 Å². The zero-order valence-corrected chi connectivity index (χ0v) is 10.9. The minimum atomic E-state index is -0.0144. The molecule has 0 radical (unpaired) electrons. The van der Waals surface area contributed by atoms with Gasteiger partial charge in [0.15, 0.2) is 0 Å². The molecule has 0 spiro atoms. The van der Waals surface area contributed by atoms with Crippen LogP contribution in [0.15, 0.2) is 24.3 Å². The highest BCUT2D eigenvalue weighted by atomic mass is 35.5. The van der Waals surface area contributed by atoms with E-state index in [1.165, 1.54) is 0 Å². The Labute approximate surface area is 112 Å². The number of carbonyl (C=O) groups excluding carboxylic acids is 1. The molecule has 4 nitrogen and oxygen atoms in total. The maximum atomic E-state index is 11.6. The van der Waals surface area contributed by atoms with Gasteiger partial charge in [-0.2, -0.15) is 0 Å². The van der Waals surface area contributed by atoms with Crippen molar-refractivity contribution in [1.29, 1.82) is 0 Å². The van der Waals surface area contributed by atoms with E-state index in [1.54, 1.807) is 12.1 Å². The number of aliphatic hydroxyl groups is 1. The highest BCUT2D eigenvalue weighted by Crippen LogP contribution is 2.09. The molecular weight excluding hydrogens is 254 g/mol.